The van der Waals surface area contributed by atoms with Gasteiger partial charge in [0.25, 0.3) is 0 Å². The summed E-state index contributed by atoms with van der Waals surface area (Å²) in [6.07, 6.45) is 4.65. The Balaban J connectivity index is 1.53. The van der Waals surface area contributed by atoms with Crippen LogP contribution >= 0.6 is 0 Å². The van der Waals surface area contributed by atoms with Crippen LogP contribution in [0.4, 0.5) is 0 Å². The molecule has 0 aliphatic rings. The van der Waals surface area contributed by atoms with Gasteiger partial charge in [-0.25, -0.2) is 0 Å². The van der Waals surface area contributed by atoms with Gasteiger partial charge in [0.15, 0.2) is 0 Å². The monoisotopic (exact) mass is 476 g/mol. The summed E-state index contributed by atoms with van der Waals surface area (Å²) in [5.41, 5.74) is 12.1. The number of fused-ring (bicyclic) bond motifs is 3. The van der Waals surface area contributed by atoms with Crippen molar-refractivity contribution in [3.63, 3.8) is 0 Å². The van der Waals surface area contributed by atoms with Crippen LogP contribution in [0.2, 0.25) is 0 Å². The number of ether oxygens (including phenoxy) is 1. The minimum atomic E-state index is -0.400. The highest BCUT2D eigenvalue weighted by molar-refractivity contribution is 6.18. The normalized spacial score (nSPS) is 11.2. The lowest BCUT2D eigenvalue weighted by atomic mass is 10.0. The van der Waals surface area contributed by atoms with Crippen LogP contribution in [0.15, 0.2) is 91.0 Å². The Labute approximate surface area is 212 Å². The van der Waals surface area contributed by atoms with Crippen molar-refractivity contribution in [1.29, 1.82) is 0 Å². The maximum absolute atomic E-state index is 12.3. The van der Waals surface area contributed by atoms with Gasteiger partial charge in [0, 0.05) is 28.4 Å². The molecule has 4 aromatic carbocycles. The molecule has 0 unspecified atom stereocenters. The highest BCUT2D eigenvalue weighted by Crippen LogP contribution is 2.33. The molecule has 0 saturated carbocycles. The van der Waals surface area contributed by atoms with Crippen LogP contribution in [0.5, 0.6) is 5.75 Å². The minimum Gasteiger partial charge on any atom is -0.489 e. The van der Waals surface area contributed by atoms with Crippen molar-refractivity contribution in [3.05, 3.63) is 113 Å². The molecule has 0 fully saturated rings. The third kappa shape index (κ3) is 4.99. The predicted octanol–water partition coefficient (Wildman–Crippen LogP) is 7.25. The van der Waals surface area contributed by atoms with Crippen molar-refractivity contribution in [1.82, 2.24) is 4.57 Å². The smallest absolute Gasteiger partial charge is 0.249 e. The molecule has 0 aliphatic heterocycles. The number of amides is 1. The molecule has 0 radical (unpaired) electrons. The van der Waals surface area contributed by atoms with Gasteiger partial charge < -0.3 is 15.0 Å². The van der Waals surface area contributed by atoms with E-state index in [1.165, 1.54) is 24.8 Å². The van der Waals surface area contributed by atoms with Crippen LogP contribution in [0.3, 0.4) is 0 Å². The molecule has 0 atom stereocenters. The number of unbranched alkanes of at least 4 members (excludes halogenated alkanes) is 2. The Kier molecular flexibility index (Phi) is 7.03. The number of carbonyl (C=O) groups is 1. The third-order valence-electron chi connectivity index (χ3n) is 6.78. The van der Waals surface area contributed by atoms with E-state index in [1.54, 1.807) is 0 Å². The lowest BCUT2D eigenvalue weighted by molar-refractivity contribution is 0.100. The molecule has 0 saturated heterocycles. The van der Waals surface area contributed by atoms with E-state index in [1.807, 2.05) is 42.5 Å². The molecule has 182 valence electrons. The molecule has 36 heavy (non-hydrogen) atoms. The van der Waals surface area contributed by atoms with Crippen LogP contribution < -0.4 is 10.5 Å². The molecule has 4 nitrogen and oxygen atoms in total. The van der Waals surface area contributed by atoms with Gasteiger partial charge in [0.2, 0.25) is 5.91 Å². The zero-order valence-electron chi connectivity index (χ0n) is 20.7. The number of nitrogens with two attached hydrogens (primary N) is 1. The number of rotatable bonds is 10. The third-order valence-corrected chi connectivity index (χ3v) is 6.78. The minimum absolute atomic E-state index is 0.400. The summed E-state index contributed by atoms with van der Waals surface area (Å²) in [4.78, 5) is 12.3. The Bertz CT molecular complexity index is 1500. The maximum atomic E-state index is 12.3. The van der Waals surface area contributed by atoms with Crippen LogP contribution in [0, 0.1) is 0 Å². The van der Waals surface area contributed by atoms with E-state index >= 15 is 0 Å². The lowest BCUT2D eigenvalue weighted by Gasteiger charge is -2.11. The molecule has 1 amide bonds. The van der Waals surface area contributed by atoms with E-state index < -0.39 is 5.91 Å². The Morgan fingerprint density at radius 2 is 1.61 bits per heavy atom. The van der Waals surface area contributed by atoms with Gasteiger partial charge in [-0.2, -0.15) is 0 Å². The summed E-state index contributed by atoms with van der Waals surface area (Å²) >= 11 is 0. The van der Waals surface area contributed by atoms with Crippen LogP contribution in [0.1, 0.15) is 53.2 Å². The van der Waals surface area contributed by atoms with E-state index in [9.17, 15) is 4.79 Å². The average molecular weight is 477 g/mol. The first kappa shape index (κ1) is 23.7. The van der Waals surface area contributed by atoms with Crippen molar-refractivity contribution in [2.75, 3.05) is 0 Å². The molecule has 1 aromatic heterocycles. The highest BCUT2D eigenvalue weighted by atomic mass is 16.5. The number of carbonyl (C=O) groups excluding carboxylic acids is 1. The summed E-state index contributed by atoms with van der Waals surface area (Å²) in [5, 5.41) is 1.99. The molecular formula is C32H32N2O2. The molecular weight excluding hydrogens is 444 g/mol. The van der Waals surface area contributed by atoms with Gasteiger partial charge in [-0.05, 0) is 59.9 Å². The second kappa shape index (κ2) is 10.7. The highest BCUT2D eigenvalue weighted by Gasteiger charge is 2.17. The van der Waals surface area contributed by atoms with Gasteiger partial charge in [0.05, 0.1) is 5.52 Å². The van der Waals surface area contributed by atoms with Gasteiger partial charge in [0.1, 0.15) is 12.4 Å². The number of hydrogen-bond acceptors (Lipinski definition) is 2. The van der Waals surface area contributed by atoms with E-state index in [0.717, 1.165) is 45.1 Å². The first-order valence-corrected chi connectivity index (χ1v) is 12.7. The fraction of sp³-hybridized carbons (Fsp3) is 0.219. The molecule has 4 heteroatoms. The summed E-state index contributed by atoms with van der Waals surface area (Å²) in [6, 6.07) is 30.9. The first-order valence-electron chi connectivity index (χ1n) is 12.7. The second-order valence-electron chi connectivity index (χ2n) is 9.38. The van der Waals surface area contributed by atoms with Crippen LogP contribution in [-0.4, -0.2) is 10.5 Å². The largest absolute Gasteiger partial charge is 0.489 e. The lowest BCUT2D eigenvalue weighted by Crippen LogP contribution is -2.11. The number of benzene rings is 4. The first-order chi connectivity index (χ1) is 17.6. The summed E-state index contributed by atoms with van der Waals surface area (Å²) in [5.74, 6) is 0.443. The topological polar surface area (TPSA) is 57.2 Å². The molecule has 0 bridgehead atoms. The predicted molar refractivity (Wildman–Crippen MR) is 148 cm³/mol. The summed E-state index contributed by atoms with van der Waals surface area (Å²) in [6.45, 7) is 3.43. The fourth-order valence-electron chi connectivity index (χ4n) is 4.96. The van der Waals surface area contributed by atoms with Crippen molar-refractivity contribution < 1.29 is 9.53 Å². The van der Waals surface area contributed by atoms with E-state index in [-0.39, 0.29) is 0 Å². The molecule has 1 heterocycles. The van der Waals surface area contributed by atoms with Gasteiger partial charge >= 0.3 is 0 Å². The van der Waals surface area contributed by atoms with Crippen molar-refractivity contribution in [2.24, 2.45) is 5.73 Å². The molecule has 0 aliphatic carbocycles. The zero-order chi connectivity index (χ0) is 24.9. The van der Waals surface area contributed by atoms with Crippen molar-refractivity contribution in [2.45, 2.75) is 45.8 Å². The van der Waals surface area contributed by atoms with Gasteiger partial charge in [-0.3, -0.25) is 4.79 Å². The average Bonchev–Trinajstić information content (AvgIpc) is 3.21. The summed E-state index contributed by atoms with van der Waals surface area (Å²) < 4.78 is 8.38. The SMILES string of the molecule is CCCCCc1ccc2c3c(C(N)=O)cccc3n(Cc3cccc(OCc4ccccc4)c3)c2c1. The molecule has 2 N–H and O–H groups in total. The maximum Gasteiger partial charge on any atom is 0.249 e. The van der Waals surface area contributed by atoms with Crippen LogP contribution in [-0.2, 0) is 19.6 Å². The summed E-state index contributed by atoms with van der Waals surface area (Å²) in [7, 11) is 0. The molecule has 0 spiro atoms. The van der Waals surface area contributed by atoms with Crippen LogP contribution in [0.25, 0.3) is 21.8 Å². The second-order valence-corrected chi connectivity index (χ2v) is 9.38. The van der Waals surface area contributed by atoms with Crippen molar-refractivity contribution >= 4 is 27.7 Å². The fourth-order valence-corrected chi connectivity index (χ4v) is 4.96. The Morgan fingerprint density at radius 1 is 0.806 bits per heavy atom. The number of aryl methyl sites for hydroxylation is 1. The van der Waals surface area contributed by atoms with E-state index in [4.69, 9.17) is 10.5 Å². The quantitative estimate of drug-likeness (QED) is 0.216. The standard InChI is InChI=1S/C32H32N2O2/c1-2-3-5-10-23-17-18-27-30(20-23)34(29-16-9-15-28(31(27)29)32(33)35)21-25-13-8-14-26(19-25)36-22-24-11-6-4-7-12-24/h4,6-9,11-20H,2-3,5,10,21-22H2,1H3,(H2,33,35). The van der Waals surface area contributed by atoms with E-state index in [0.29, 0.717) is 18.7 Å². The Morgan fingerprint density at radius 3 is 2.42 bits per heavy atom. The van der Waals surface area contributed by atoms with Gasteiger partial charge in [-0.1, -0.05) is 80.4 Å². The zero-order valence-corrected chi connectivity index (χ0v) is 20.7. The molecule has 5 aromatic rings. The number of primary amides is 1. The Hall–Kier alpha value is -4.05. The number of nitrogens with zero attached hydrogens (tertiary/aromatic N) is 1. The van der Waals surface area contributed by atoms with Gasteiger partial charge in [-0.15, -0.1) is 0 Å². The van der Waals surface area contributed by atoms with Crippen molar-refractivity contribution in [3.8, 4) is 5.75 Å². The number of hydrogen-bond donors (Lipinski definition) is 1. The molecule has 5 rings (SSSR count). The van der Waals surface area contributed by atoms with E-state index in [2.05, 4.69) is 60.0 Å². The number of aromatic nitrogens is 1.